The second kappa shape index (κ2) is 3.57. The standard InChI is InChI=1S/C10H16BN4/c1-7-5-9(3)14(12-7)11-15-10(4)6-8(2)13-15/h5-6H,11H2,1-4H3/q-1. The Labute approximate surface area is 90.2 Å². The lowest BCUT2D eigenvalue weighted by molar-refractivity contribution is 0.834. The minimum Gasteiger partial charge on any atom is -0.426 e. The summed E-state index contributed by atoms with van der Waals surface area (Å²) in [6, 6.07) is 4.21. The van der Waals surface area contributed by atoms with Crippen molar-refractivity contribution >= 4 is 7.55 Å². The molecule has 0 amide bonds. The van der Waals surface area contributed by atoms with Gasteiger partial charge >= 0.3 is 0 Å². The van der Waals surface area contributed by atoms with E-state index in [0.29, 0.717) is 0 Å². The van der Waals surface area contributed by atoms with Crippen LogP contribution in [0.2, 0.25) is 0 Å². The molecule has 0 fully saturated rings. The van der Waals surface area contributed by atoms with Crippen molar-refractivity contribution in [3.8, 4) is 0 Å². The van der Waals surface area contributed by atoms with E-state index in [9.17, 15) is 0 Å². The van der Waals surface area contributed by atoms with Gasteiger partial charge in [-0.1, -0.05) is 0 Å². The Bertz CT molecular complexity index is 439. The molecule has 0 saturated heterocycles. The Kier molecular flexibility index (Phi) is 2.38. The quantitative estimate of drug-likeness (QED) is 0.673. The SMILES string of the molecule is Cc1cc(C)n([BH2-]n2nc(C)cc2C)n1. The molecule has 0 atom stereocenters. The van der Waals surface area contributed by atoms with Gasteiger partial charge in [-0.2, -0.15) is 0 Å². The highest BCUT2D eigenvalue weighted by molar-refractivity contribution is 6.31. The summed E-state index contributed by atoms with van der Waals surface area (Å²) in [6.45, 7) is 8.23. The maximum atomic E-state index is 4.47. The van der Waals surface area contributed by atoms with Crippen molar-refractivity contribution in [1.29, 1.82) is 0 Å². The van der Waals surface area contributed by atoms with Crippen LogP contribution in [0, 0.1) is 27.7 Å². The molecule has 0 aromatic carbocycles. The van der Waals surface area contributed by atoms with E-state index < -0.39 is 7.55 Å². The summed E-state index contributed by atoms with van der Waals surface area (Å²) in [5.74, 6) is 0. The van der Waals surface area contributed by atoms with Crippen molar-refractivity contribution < 1.29 is 0 Å². The van der Waals surface area contributed by atoms with Crippen LogP contribution in [0.3, 0.4) is 0 Å². The van der Waals surface area contributed by atoms with Crippen LogP contribution < -0.4 is 0 Å². The van der Waals surface area contributed by atoms with Gasteiger partial charge in [0.05, 0.1) is 11.4 Å². The molecule has 0 aliphatic heterocycles. The highest BCUT2D eigenvalue weighted by Gasteiger charge is 1.99. The van der Waals surface area contributed by atoms with E-state index in [2.05, 4.69) is 45.4 Å². The maximum Gasteiger partial charge on any atom is 0.198 e. The number of rotatable bonds is 2. The van der Waals surface area contributed by atoms with Crippen LogP contribution in [-0.2, 0) is 0 Å². The van der Waals surface area contributed by atoms with Crippen molar-refractivity contribution in [1.82, 2.24) is 19.4 Å². The molecule has 2 aromatic heterocycles. The van der Waals surface area contributed by atoms with Crippen LogP contribution in [0.4, 0.5) is 0 Å². The van der Waals surface area contributed by atoms with Gasteiger partial charge in [-0.3, -0.25) is 0 Å². The van der Waals surface area contributed by atoms with Crippen molar-refractivity contribution in [3.05, 3.63) is 34.9 Å². The normalized spacial score (nSPS) is 10.9. The second-order valence-corrected chi connectivity index (χ2v) is 4.30. The first-order valence-corrected chi connectivity index (χ1v) is 5.34. The largest absolute Gasteiger partial charge is 0.426 e. The molecule has 15 heavy (non-hydrogen) atoms. The maximum absolute atomic E-state index is 4.47. The molecule has 0 aliphatic rings. The molecule has 0 N–H and O–H groups in total. The molecule has 0 saturated carbocycles. The second-order valence-electron chi connectivity index (χ2n) is 4.30. The average molecular weight is 203 g/mol. The Morgan fingerprint density at radius 2 is 1.27 bits per heavy atom. The van der Waals surface area contributed by atoms with Crippen LogP contribution in [0.5, 0.6) is 0 Å². The molecule has 80 valence electrons. The van der Waals surface area contributed by atoms with E-state index in [1.54, 1.807) is 0 Å². The topological polar surface area (TPSA) is 35.6 Å². The average Bonchev–Trinajstić information content (AvgIpc) is 2.58. The van der Waals surface area contributed by atoms with Crippen LogP contribution in [0.15, 0.2) is 12.1 Å². The van der Waals surface area contributed by atoms with Crippen molar-refractivity contribution in [2.24, 2.45) is 0 Å². The fourth-order valence-electron chi connectivity index (χ4n) is 2.06. The minimum atomic E-state index is -0.506. The lowest BCUT2D eigenvalue weighted by Crippen LogP contribution is -2.21. The minimum absolute atomic E-state index is 0.506. The summed E-state index contributed by atoms with van der Waals surface area (Å²) in [7, 11) is -0.506. The Morgan fingerprint density at radius 3 is 1.53 bits per heavy atom. The number of hydrogen-bond acceptors (Lipinski definition) is 2. The number of nitrogens with zero attached hydrogens (tertiary/aromatic N) is 4. The van der Waals surface area contributed by atoms with E-state index in [-0.39, 0.29) is 0 Å². The summed E-state index contributed by atoms with van der Waals surface area (Å²) in [5.41, 5.74) is 4.61. The summed E-state index contributed by atoms with van der Waals surface area (Å²) in [5, 5.41) is 8.93. The van der Waals surface area contributed by atoms with Crippen LogP contribution in [0.25, 0.3) is 0 Å². The third-order valence-electron chi connectivity index (χ3n) is 2.85. The predicted molar refractivity (Wildman–Crippen MR) is 62.7 cm³/mol. The van der Waals surface area contributed by atoms with Gasteiger partial charge in [0.15, 0.2) is 7.55 Å². The van der Waals surface area contributed by atoms with Gasteiger partial charge in [0.1, 0.15) is 0 Å². The molecule has 0 aliphatic carbocycles. The summed E-state index contributed by atoms with van der Waals surface area (Å²) < 4.78 is 4.18. The lowest BCUT2D eigenvalue weighted by atomic mass is 10.1. The van der Waals surface area contributed by atoms with Gasteiger partial charge in [0.25, 0.3) is 0 Å². The zero-order valence-electron chi connectivity index (χ0n) is 9.94. The number of aryl methyl sites for hydroxylation is 4. The van der Waals surface area contributed by atoms with E-state index in [1.165, 1.54) is 11.4 Å². The van der Waals surface area contributed by atoms with Crippen molar-refractivity contribution in [3.63, 3.8) is 0 Å². The molecular formula is C10H16BN4-. The molecule has 0 radical (unpaired) electrons. The fourth-order valence-corrected chi connectivity index (χ4v) is 2.06. The van der Waals surface area contributed by atoms with E-state index in [0.717, 1.165) is 11.4 Å². The Hall–Kier alpha value is -1.52. The van der Waals surface area contributed by atoms with Gasteiger partial charge in [-0.05, 0) is 51.2 Å². The molecule has 2 rings (SSSR count). The third kappa shape index (κ3) is 1.96. The molecule has 0 unspecified atom stereocenters. The van der Waals surface area contributed by atoms with E-state index in [4.69, 9.17) is 0 Å². The first kappa shape index (κ1) is 10.0. The lowest BCUT2D eigenvalue weighted by Gasteiger charge is -2.14. The van der Waals surface area contributed by atoms with E-state index >= 15 is 0 Å². The summed E-state index contributed by atoms with van der Waals surface area (Å²) in [6.07, 6.45) is 0. The smallest absolute Gasteiger partial charge is 0.198 e. The molecule has 5 heteroatoms. The molecular weight excluding hydrogens is 187 g/mol. The van der Waals surface area contributed by atoms with E-state index in [1.807, 2.05) is 13.8 Å². The predicted octanol–water partition coefficient (Wildman–Crippen LogP) is 0.708. The summed E-state index contributed by atoms with van der Waals surface area (Å²) in [4.78, 5) is 0. The van der Waals surface area contributed by atoms with Gasteiger partial charge in [-0.15, -0.1) is 0 Å². The fraction of sp³-hybridized carbons (Fsp3) is 0.400. The molecule has 2 heterocycles. The van der Waals surface area contributed by atoms with Gasteiger partial charge in [-0.25, -0.2) is 10.2 Å². The van der Waals surface area contributed by atoms with Gasteiger partial charge < -0.3 is 9.19 Å². The Balaban J connectivity index is 2.29. The number of aromatic nitrogens is 4. The van der Waals surface area contributed by atoms with Gasteiger partial charge in [0.2, 0.25) is 0 Å². The summed E-state index contributed by atoms with van der Waals surface area (Å²) >= 11 is 0. The first-order valence-electron chi connectivity index (χ1n) is 5.34. The highest BCUT2D eigenvalue weighted by Crippen LogP contribution is 2.03. The molecule has 2 aromatic rings. The van der Waals surface area contributed by atoms with Gasteiger partial charge in [0, 0.05) is 0 Å². The van der Waals surface area contributed by atoms with Crippen LogP contribution >= 0.6 is 0 Å². The first-order chi connectivity index (χ1) is 7.06. The molecule has 0 spiro atoms. The van der Waals surface area contributed by atoms with Crippen LogP contribution in [-0.4, -0.2) is 26.9 Å². The van der Waals surface area contributed by atoms with Crippen molar-refractivity contribution in [2.45, 2.75) is 27.7 Å². The number of hydrogen-bond donors (Lipinski definition) is 0. The monoisotopic (exact) mass is 203 g/mol. The third-order valence-corrected chi connectivity index (χ3v) is 2.85. The van der Waals surface area contributed by atoms with Crippen molar-refractivity contribution in [2.75, 3.05) is 0 Å². The molecule has 0 bridgehead atoms. The zero-order valence-corrected chi connectivity index (χ0v) is 9.94. The Morgan fingerprint density at radius 1 is 0.867 bits per heavy atom. The highest BCUT2D eigenvalue weighted by atomic mass is 15.3. The van der Waals surface area contributed by atoms with Crippen LogP contribution in [0.1, 0.15) is 22.8 Å². The molecule has 4 nitrogen and oxygen atoms in total. The zero-order chi connectivity index (χ0) is 11.0.